The Hall–Kier alpha value is -3.86. The molecule has 1 unspecified atom stereocenters. The number of amides is 1. The van der Waals surface area contributed by atoms with Crippen LogP contribution in [-0.2, 0) is 6.42 Å². The zero-order chi connectivity index (χ0) is 23.2. The van der Waals surface area contributed by atoms with Crippen molar-refractivity contribution in [3.63, 3.8) is 0 Å². The maximum atomic E-state index is 13.3. The summed E-state index contributed by atoms with van der Waals surface area (Å²) >= 11 is 0. The van der Waals surface area contributed by atoms with Crippen LogP contribution >= 0.6 is 0 Å². The average Bonchev–Trinajstić information content (AvgIpc) is 2.87. The molecule has 168 valence electrons. The summed E-state index contributed by atoms with van der Waals surface area (Å²) in [6.07, 6.45) is 1.77. The number of aromatic nitrogens is 1. The Morgan fingerprint density at radius 1 is 0.939 bits per heavy atom. The number of aryl methyl sites for hydroxylation is 1. The molecule has 1 N–H and O–H groups in total. The van der Waals surface area contributed by atoms with Crippen molar-refractivity contribution in [2.24, 2.45) is 0 Å². The minimum Gasteiger partial charge on any atom is -0.497 e. The van der Waals surface area contributed by atoms with Crippen molar-refractivity contribution < 1.29 is 14.3 Å². The normalized spacial score (nSPS) is 11.7. The van der Waals surface area contributed by atoms with Crippen molar-refractivity contribution >= 4 is 16.8 Å². The maximum Gasteiger partial charge on any atom is 0.252 e. The summed E-state index contributed by atoms with van der Waals surface area (Å²) in [7, 11) is 3.23. The molecule has 0 bridgehead atoms. The van der Waals surface area contributed by atoms with E-state index in [9.17, 15) is 4.79 Å². The molecule has 1 heterocycles. The number of carbonyl (C=O) groups excluding carboxylic acids is 1. The molecule has 0 aliphatic carbocycles. The first-order valence-electron chi connectivity index (χ1n) is 11.1. The molecule has 4 aromatic rings. The average molecular weight is 441 g/mol. The number of pyridine rings is 1. The lowest BCUT2D eigenvalue weighted by atomic mass is 10.0. The van der Waals surface area contributed by atoms with Gasteiger partial charge >= 0.3 is 0 Å². The van der Waals surface area contributed by atoms with Crippen LogP contribution in [0.15, 0.2) is 78.9 Å². The molecule has 3 aromatic carbocycles. The number of fused-ring (bicyclic) bond motifs is 1. The van der Waals surface area contributed by atoms with Crippen molar-refractivity contribution in [1.82, 2.24) is 10.3 Å². The summed E-state index contributed by atoms with van der Waals surface area (Å²) in [6.45, 7) is 2.04. The van der Waals surface area contributed by atoms with Crippen LogP contribution in [0.1, 0.15) is 29.3 Å². The van der Waals surface area contributed by atoms with Gasteiger partial charge in [0.25, 0.3) is 5.91 Å². The van der Waals surface area contributed by atoms with E-state index in [2.05, 4.69) is 17.4 Å². The second-order valence-corrected chi connectivity index (χ2v) is 8.04. The standard InChI is InChI=1S/C28H28N2O3/c1-19(13-14-20-9-5-4-6-10-20)29-28(31)24-18-26(30-25-12-8-7-11-22(24)25)23-16-15-21(32-2)17-27(23)33-3/h4-12,15-19H,13-14H2,1-3H3,(H,29,31). The van der Waals surface area contributed by atoms with Gasteiger partial charge < -0.3 is 14.8 Å². The second-order valence-electron chi connectivity index (χ2n) is 8.04. The summed E-state index contributed by atoms with van der Waals surface area (Å²) in [5, 5.41) is 3.99. The molecule has 0 radical (unpaired) electrons. The Balaban J connectivity index is 1.64. The molecule has 1 amide bonds. The molecule has 4 rings (SSSR count). The third kappa shape index (κ3) is 5.14. The van der Waals surface area contributed by atoms with Crippen molar-refractivity contribution in [2.45, 2.75) is 25.8 Å². The molecule has 1 atom stereocenters. The molecule has 0 spiro atoms. The molecule has 0 aliphatic rings. The van der Waals surface area contributed by atoms with E-state index in [0.29, 0.717) is 22.8 Å². The van der Waals surface area contributed by atoms with Gasteiger partial charge in [0, 0.05) is 23.1 Å². The molecule has 0 saturated heterocycles. The van der Waals surface area contributed by atoms with Gasteiger partial charge in [-0.05, 0) is 49.6 Å². The number of benzene rings is 3. The van der Waals surface area contributed by atoms with Crippen molar-refractivity contribution in [3.8, 4) is 22.8 Å². The molecule has 5 nitrogen and oxygen atoms in total. The number of methoxy groups -OCH3 is 2. The Morgan fingerprint density at radius 3 is 2.45 bits per heavy atom. The number of hydrogen-bond donors (Lipinski definition) is 1. The first-order valence-corrected chi connectivity index (χ1v) is 11.1. The van der Waals surface area contributed by atoms with Crippen molar-refractivity contribution in [3.05, 3.63) is 90.0 Å². The zero-order valence-corrected chi connectivity index (χ0v) is 19.2. The number of ether oxygens (including phenoxy) is 2. The minimum absolute atomic E-state index is 0.0311. The Morgan fingerprint density at radius 2 is 1.70 bits per heavy atom. The van der Waals surface area contributed by atoms with Gasteiger partial charge in [0.15, 0.2) is 0 Å². The van der Waals surface area contributed by atoms with Crippen LogP contribution in [0.3, 0.4) is 0 Å². The Bertz CT molecular complexity index is 1250. The number of nitrogens with one attached hydrogen (secondary N) is 1. The molecule has 33 heavy (non-hydrogen) atoms. The highest BCUT2D eigenvalue weighted by Crippen LogP contribution is 2.34. The van der Waals surface area contributed by atoms with Crippen LogP contribution in [0, 0.1) is 0 Å². The lowest BCUT2D eigenvalue weighted by Gasteiger charge is -2.16. The number of para-hydroxylation sites is 1. The maximum absolute atomic E-state index is 13.3. The van der Waals surface area contributed by atoms with E-state index < -0.39 is 0 Å². The van der Waals surface area contributed by atoms with Crippen molar-refractivity contribution in [1.29, 1.82) is 0 Å². The van der Waals surface area contributed by atoms with E-state index >= 15 is 0 Å². The highest BCUT2D eigenvalue weighted by molar-refractivity contribution is 6.07. The Labute approximate surface area is 194 Å². The minimum atomic E-state index is -0.108. The molecule has 0 fully saturated rings. The second kappa shape index (κ2) is 10.2. The fourth-order valence-electron chi connectivity index (χ4n) is 3.91. The smallest absolute Gasteiger partial charge is 0.252 e. The predicted octanol–water partition coefficient (Wildman–Crippen LogP) is 5.67. The summed E-state index contributed by atoms with van der Waals surface area (Å²) < 4.78 is 10.9. The van der Waals surface area contributed by atoms with Crippen LogP contribution in [0.2, 0.25) is 0 Å². The van der Waals surface area contributed by atoms with Gasteiger partial charge in [-0.25, -0.2) is 4.98 Å². The third-order valence-corrected chi connectivity index (χ3v) is 5.73. The van der Waals surface area contributed by atoms with Gasteiger partial charge in [0.1, 0.15) is 11.5 Å². The predicted molar refractivity (Wildman–Crippen MR) is 132 cm³/mol. The van der Waals surface area contributed by atoms with E-state index in [1.807, 2.05) is 73.7 Å². The summed E-state index contributed by atoms with van der Waals surface area (Å²) in [6, 6.07) is 25.5. The Kier molecular flexibility index (Phi) is 6.89. The van der Waals surface area contributed by atoms with Crippen molar-refractivity contribution in [2.75, 3.05) is 14.2 Å². The lowest BCUT2D eigenvalue weighted by molar-refractivity contribution is 0.0940. The van der Waals surface area contributed by atoms with E-state index in [4.69, 9.17) is 14.5 Å². The topological polar surface area (TPSA) is 60.5 Å². The largest absolute Gasteiger partial charge is 0.497 e. The summed E-state index contributed by atoms with van der Waals surface area (Å²) in [4.78, 5) is 18.1. The molecular formula is C28H28N2O3. The van der Waals surface area contributed by atoms with Gasteiger partial charge in [0.05, 0.1) is 31.0 Å². The summed E-state index contributed by atoms with van der Waals surface area (Å²) in [5.41, 5.74) is 4.10. The first-order chi connectivity index (χ1) is 16.1. The third-order valence-electron chi connectivity index (χ3n) is 5.73. The molecule has 0 saturated carbocycles. The molecule has 1 aromatic heterocycles. The SMILES string of the molecule is COc1ccc(-c2cc(C(=O)NC(C)CCc3ccccc3)c3ccccc3n2)c(OC)c1. The highest BCUT2D eigenvalue weighted by Gasteiger charge is 2.18. The quantitative estimate of drug-likeness (QED) is 0.383. The molecule has 0 aliphatic heterocycles. The van der Waals surface area contributed by atoms with Gasteiger partial charge in [-0.1, -0.05) is 48.5 Å². The highest BCUT2D eigenvalue weighted by atomic mass is 16.5. The van der Waals surface area contributed by atoms with E-state index in [0.717, 1.165) is 29.3 Å². The van der Waals surface area contributed by atoms with E-state index in [-0.39, 0.29) is 11.9 Å². The van der Waals surface area contributed by atoms with Crippen LogP contribution < -0.4 is 14.8 Å². The number of hydrogen-bond acceptors (Lipinski definition) is 4. The van der Waals surface area contributed by atoms with Gasteiger partial charge in [0.2, 0.25) is 0 Å². The number of carbonyl (C=O) groups is 1. The van der Waals surface area contributed by atoms with Crippen LogP contribution in [0.25, 0.3) is 22.2 Å². The number of nitrogens with zero attached hydrogens (tertiary/aromatic N) is 1. The van der Waals surface area contributed by atoms with Crippen LogP contribution in [-0.4, -0.2) is 31.2 Å². The van der Waals surface area contributed by atoms with Gasteiger partial charge in [-0.2, -0.15) is 0 Å². The first kappa shape index (κ1) is 22.3. The lowest BCUT2D eigenvalue weighted by Crippen LogP contribution is -2.33. The van der Waals surface area contributed by atoms with Gasteiger partial charge in [-0.3, -0.25) is 4.79 Å². The fraction of sp³-hybridized carbons (Fsp3) is 0.214. The van der Waals surface area contributed by atoms with E-state index in [1.54, 1.807) is 14.2 Å². The summed E-state index contributed by atoms with van der Waals surface area (Å²) in [5.74, 6) is 1.23. The zero-order valence-electron chi connectivity index (χ0n) is 19.2. The fourth-order valence-corrected chi connectivity index (χ4v) is 3.91. The molecule has 5 heteroatoms. The van der Waals surface area contributed by atoms with E-state index in [1.165, 1.54) is 5.56 Å². The number of rotatable bonds is 8. The van der Waals surface area contributed by atoms with Crippen LogP contribution in [0.5, 0.6) is 11.5 Å². The molecular weight excluding hydrogens is 412 g/mol. The monoisotopic (exact) mass is 440 g/mol. The van der Waals surface area contributed by atoms with Crippen LogP contribution in [0.4, 0.5) is 0 Å². The van der Waals surface area contributed by atoms with Gasteiger partial charge in [-0.15, -0.1) is 0 Å².